The molecular weight excluding hydrogens is 156 g/mol. The van der Waals surface area contributed by atoms with Crippen molar-refractivity contribution in [1.29, 1.82) is 0 Å². The molecule has 0 saturated heterocycles. The molecule has 0 aromatic carbocycles. The summed E-state index contributed by atoms with van der Waals surface area (Å²) >= 11 is 0. The maximum atomic E-state index is 11.3. The van der Waals surface area contributed by atoms with Crippen LogP contribution in [-0.2, 0) is 13.0 Å². The molecule has 0 aliphatic carbocycles. The molecule has 0 N–H and O–H groups in total. The minimum absolute atomic E-state index is 0.00523. The second-order valence-electron chi connectivity index (χ2n) is 2.72. The molecule has 0 saturated carbocycles. The van der Waals surface area contributed by atoms with Crippen LogP contribution in [0.25, 0.3) is 0 Å². The summed E-state index contributed by atoms with van der Waals surface area (Å²) in [6.07, 6.45) is 0.770. The van der Waals surface area contributed by atoms with Gasteiger partial charge in [-0.25, -0.2) is 4.98 Å². The zero-order valence-electron chi connectivity index (χ0n) is 6.91. The van der Waals surface area contributed by atoms with Crippen LogP contribution in [0.3, 0.4) is 0 Å². The van der Waals surface area contributed by atoms with Gasteiger partial charge in [-0.05, 0) is 6.42 Å². The van der Waals surface area contributed by atoms with E-state index in [1.165, 1.54) is 0 Å². The van der Waals surface area contributed by atoms with E-state index in [0.717, 1.165) is 12.1 Å². The van der Waals surface area contributed by atoms with Crippen molar-refractivity contribution in [3.8, 4) is 6.01 Å². The van der Waals surface area contributed by atoms with Gasteiger partial charge in [0.1, 0.15) is 6.61 Å². The van der Waals surface area contributed by atoms with Crippen LogP contribution in [0.15, 0.2) is 10.9 Å². The molecule has 0 amide bonds. The lowest BCUT2D eigenvalue weighted by atomic mass is 10.3. The maximum Gasteiger partial charge on any atom is 0.299 e. The van der Waals surface area contributed by atoms with E-state index >= 15 is 0 Å². The molecule has 2 rings (SSSR count). The Labute approximate surface area is 69.8 Å². The average Bonchev–Trinajstić information content (AvgIpc) is 2.52. The molecule has 0 fully saturated rings. The molecule has 0 bridgehead atoms. The van der Waals surface area contributed by atoms with Crippen molar-refractivity contribution in [3.05, 3.63) is 22.1 Å². The maximum absolute atomic E-state index is 11.3. The van der Waals surface area contributed by atoms with Gasteiger partial charge in [-0.1, -0.05) is 6.92 Å². The molecule has 1 aromatic heterocycles. The van der Waals surface area contributed by atoms with Crippen LogP contribution in [0, 0.1) is 0 Å². The number of aryl methyl sites for hydroxylation is 1. The fraction of sp³-hybridized carbons (Fsp3) is 0.500. The number of fused-ring (bicyclic) bond motifs is 1. The highest BCUT2D eigenvalue weighted by Gasteiger charge is 2.14. The van der Waals surface area contributed by atoms with Crippen molar-refractivity contribution in [3.63, 3.8) is 0 Å². The molecule has 2 heterocycles. The fourth-order valence-corrected chi connectivity index (χ4v) is 1.26. The first-order chi connectivity index (χ1) is 5.81. The Balaban J connectivity index is 2.59. The van der Waals surface area contributed by atoms with E-state index < -0.39 is 0 Å². The van der Waals surface area contributed by atoms with Crippen LogP contribution in [0.2, 0.25) is 0 Å². The molecule has 0 unspecified atom stereocenters. The Morgan fingerprint density at radius 1 is 1.75 bits per heavy atom. The molecular formula is C8H10N2O2. The van der Waals surface area contributed by atoms with Gasteiger partial charge in [0.25, 0.3) is 11.6 Å². The Kier molecular flexibility index (Phi) is 1.60. The molecule has 64 valence electrons. The number of hydrogen-bond acceptors (Lipinski definition) is 3. The Morgan fingerprint density at radius 3 is 3.33 bits per heavy atom. The van der Waals surface area contributed by atoms with Crippen LogP contribution in [-0.4, -0.2) is 16.2 Å². The third kappa shape index (κ3) is 0.995. The summed E-state index contributed by atoms with van der Waals surface area (Å²) in [5.41, 5.74) is 0.794. The number of nitrogens with zero attached hydrogens (tertiary/aromatic N) is 2. The van der Waals surface area contributed by atoms with Crippen LogP contribution >= 0.6 is 0 Å². The van der Waals surface area contributed by atoms with Gasteiger partial charge in [-0.2, -0.15) is 0 Å². The molecule has 0 atom stereocenters. The van der Waals surface area contributed by atoms with Crippen molar-refractivity contribution in [2.45, 2.75) is 19.9 Å². The van der Waals surface area contributed by atoms with Gasteiger partial charge in [-0.15, -0.1) is 0 Å². The van der Waals surface area contributed by atoms with Gasteiger partial charge in [0.05, 0.1) is 12.2 Å². The summed E-state index contributed by atoms with van der Waals surface area (Å²) in [5, 5.41) is 0. The molecule has 1 aliphatic rings. The van der Waals surface area contributed by atoms with Crippen molar-refractivity contribution in [1.82, 2.24) is 9.55 Å². The highest BCUT2D eigenvalue weighted by molar-refractivity contribution is 5.10. The van der Waals surface area contributed by atoms with E-state index in [0.29, 0.717) is 19.2 Å². The van der Waals surface area contributed by atoms with Crippen molar-refractivity contribution >= 4 is 0 Å². The number of aromatic nitrogens is 2. The first kappa shape index (κ1) is 7.34. The lowest BCUT2D eigenvalue weighted by Crippen LogP contribution is -2.18. The summed E-state index contributed by atoms with van der Waals surface area (Å²) in [4.78, 5) is 15.5. The minimum Gasteiger partial charge on any atom is -0.463 e. The first-order valence-electron chi connectivity index (χ1n) is 4.05. The van der Waals surface area contributed by atoms with Crippen LogP contribution in [0.5, 0.6) is 6.01 Å². The molecule has 0 spiro atoms. The van der Waals surface area contributed by atoms with Gasteiger partial charge >= 0.3 is 0 Å². The number of rotatable bonds is 1. The van der Waals surface area contributed by atoms with Crippen molar-refractivity contribution in [2.24, 2.45) is 0 Å². The highest BCUT2D eigenvalue weighted by atomic mass is 16.5. The number of hydrogen-bond donors (Lipinski definition) is 0. The predicted molar refractivity (Wildman–Crippen MR) is 43.4 cm³/mol. The minimum atomic E-state index is -0.00523. The van der Waals surface area contributed by atoms with Gasteiger partial charge in [0.2, 0.25) is 0 Å². The molecule has 0 radical (unpaired) electrons. The molecule has 1 aliphatic heterocycles. The first-order valence-corrected chi connectivity index (χ1v) is 4.05. The van der Waals surface area contributed by atoms with Crippen molar-refractivity contribution < 1.29 is 4.74 Å². The van der Waals surface area contributed by atoms with Crippen LogP contribution in [0.4, 0.5) is 0 Å². The summed E-state index contributed by atoms with van der Waals surface area (Å²) in [5.74, 6) is 0. The van der Waals surface area contributed by atoms with Crippen molar-refractivity contribution in [2.75, 3.05) is 6.61 Å². The lowest BCUT2D eigenvalue weighted by Gasteiger charge is -2.00. The van der Waals surface area contributed by atoms with E-state index in [-0.39, 0.29) is 5.56 Å². The quantitative estimate of drug-likeness (QED) is 0.598. The Bertz CT molecular complexity index is 357. The third-order valence-electron chi connectivity index (χ3n) is 1.93. The monoisotopic (exact) mass is 166 g/mol. The van der Waals surface area contributed by atoms with Gasteiger partial charge in [-0.3, -0.25) is 9.36 Å². The summed E-state index contributed by atoms with van der Waals surface area (Å²) in [7, 11) is 0. The summed E-state index contributed by atoms with van der Waals surface area (Å²) < 4.78 is 6.73. The number of ether oxygens (including phenoxy) is 1. The molecule has 12 heavy (non-hydrogen) atoms. The van der Waals surface area contributed by atoms with E-state index in [4.69, 9.17) is 4.74 Å². The second-order valence-corrected chi connectivity index (χ2v) is 2.72. The van der Waals surface area contributed by atoms with E-state index in [1.54, 1.807) is 10.6 Å². The molecule has 4 nitrogen and oxygen atoms in total. The SMILES string of the molecule is CCc1cc(=O)n2c(n1)OCC2. The average molecular weight is 166 g/mol. The lowest BCUT2D eigenvalue weighted by molar-refractivity contribution is 0.343. The highest BCUT2D eigenvalue weighted by Crippen LogP contribution is 2.10. The Morgan fingerprint density at radius 2 is 2.58 bits per heavy atom. The van der Waals surface area contributed by atoms with E-state index in [1.807, 2.05) is 6.92 Å². The Hall–Kier alpha value is -1.32. The topological polar surface area (TPSA) is 44.1 Å². The van der Waals surface area contributed by atoms with Crippen LogP contribution < -0.4 is 10.3 Å². The largest absolute Gasteiger partial charge is 0.463 e. The second kappa shape index (κ2) is 2.62. The summed E-state index contributed by atoms with van der Waals surface area (Å²) in [6, 6.07) is 2.04. The van der Waals surface area contributed by atoms with Gasteiger partial charge < -0.3 is 4.74 Å². The normalized spacial score (nSPS) is 14.1. The van der Waals surface area contributed by atoms with E-state index in [2.05, 4.69) is 4.98 Å². The van der Waals surface area contributed by atoms with Crippen LogP contribution in [0.1, 0.15) is 12.6 Å². The van der Waals surface area contributed by atoms with Gasteiger partial charge in [0.15, 0.2) is 0 Å². The molecule has 1 aromatic rings. The van der Waals surface area contributed by atoms with Gasteiger partial charge in [0, 0.05) is 6.07 Å². The zero-order valence-corrected chi connectivity index (χ0v) is 6.91. The third-order valence-corrected chi connectivity index (χ3v) is 1.93. The van der Waals surface area contributed by atoms with E-state index in [9.17, 15) is 4.79 Å². The zero-order chi connectivity index (χ0) is 8.55. The fourth-order valence-electron chi connectivity index (χ4n) is 1.26. The molecule has 4 heteroatoms. The smallest absolute Gasteiger partial charge is 0.299 e. The summed E-state index contributed by atoms with van der Waals surface area (Å²) in [6.45, 7) is 3.16. The predicted octanol–water partition coefficient (Wildman–Crippen LogP) is 0.198. The standard InChI is InChI=1S/C8H10N2O2/c1-2-6-5-7(11)10-3-4-12-8(10)9-6/h5H,2-4H2,1H3.